The maximum atomic E-state index is 5.86. The predicted molar refractivity (Wildman–Crippen MR) is 62.7 cm³/mol. The van der Waals surface area contributed by atoms with Crippen molar-refractivity contribution >= 4 is 5.69 Å². The molecule has 1 saturated carbocycles. The smallest absolute Gasteiger partial charge is 0.188 e. The molecule has 0 atom stereocenters. The quantitative estimate of drug-likeness (QED) is 0.853. The first-order chi connectivity index (χ1) is 7.46. The van der Waals surface area contributed by atoms with E-state index in [2.05, 4.69) is 4.98 Å². The second-order valence-corrected chi connectivity index (χ2v) is 5.09. The number of rotatable bonds is 3. The molecule has 2 rings (SSSR count). The van der Waals surface area contributed by atoms with Crippen molar-refractivity contribution in [1.82, 2.24) is 4.98 Å². The van der Waals surface area contributed by atoms with Crippen LogP contribution in [-0.4, -0.2) is 16.7 Å². The Morgan fingerprint density at radius 3 is 2.56 bits per heavy atom. The molecule has 0 bridgehead atoms. The van der Waals surface area contributed by atoms with E-state index < -0.39 is 0 Å². The molecule has 0 aromatic carbocycles. The van der Waals surface area contributed by atoms with Crippen LogP contribution in [0.2, 0.25) is 0 Å². The Bertz CT molecular complexity index is 381. The minimum atomic E-state index is -0.295. The number of nitrogens with two attached hydrogens (primary N) is 1. The van der Waals surface area contributed by atoms with E-state index in [4.69, 9.17) is 15.2 Å². The Balaban J connectivity index is 2.24. The second-order valence-electron chi connectivity index (χ2n) is 5.09. The summed E-state index contributed by atoms with van der Waals surface area (Å²) in [4.78, 5) is 4.03. The van der Waals surface area contributed by atoms with Gasteiger partial charge in [-0.1, -0.05) is 0 Å². The van der Waals surface area contributed by atoms with Gasteiger partial charge in [0.25, 0.3) is 0 Å². The molecule has 0 saturated heterocycles. The van der Waals surface area contributed by atoms with Crippen molar-refractivity contribution < 1.29 is 9.47 Å². The fourth-order valence-electron chi connectivity index (χ4n) is 1.31. The van der Waals surface area contributed by atoms with E-state index in [1.807, 2.05) is 20.8 Å². The maximum Gasteiger partial charge on any atom is 0.188 e. The molecule has 4 nitrogen and oxygen atoms in total. The molecule has 1 aliphatic rings. The van der Waals surface area contributed by atoms with Crippen LogP contribution in [0, 0.1) is 0 Å². The molecule has 1 aromatic rings. The average molecular weight is 222 g/mol. The molecule has 88 valence electrons. The summed E-state index contributed by atoms with van der Waals surface area (Å²) in [5, 5.41) is 0. The zero-order valence-electron chi connectivity index (χ0n) is 9.99. The fourth-order valence-corrected chi connectivity index (χ4v) is 1.31. The van der Waals surface area contributed by atoms with Gasteiger partial charge in [0, 0.05) is 0 Å². The summed E-state index contributed by atoms with van der Waals surface area (Å²) in [6, 6.07) is 0. The summed E-state index contributed by atoms with van der Waals surface area (Å²) >= 11 is 0. The van der Waals surface area contributed by atoms with Gasteiger partial charge in [-0.05, 0) is 33.6 Å². The third kappa shape index (κ3) is 2.78. The molecular weight excluding hydrogens is 204 g/mol. The average Bonchev–Trinajstić information content (AvgIpc) is 2.93. The lowest BCUT2D eigenvalue weighted by Gasteiger charge is -2.23. The first-order valence-electron chi connectivity index (χ1n) is 5.55. The third-order valence-electron chi connectivity index (χ3n) is 2.12. The second kappa shape index (κ2) is 3.85. The van der Waals surface area contributed by atoms with Crippen LogP contribution in [0.5, 0.6) is 11.5 Å². The highest BCUT2D eigenvalue weighted by molar-refractivity contribution is 5.58. The Hall–Kier alpha value is -1.45. The third-order valence-corrected chi connectivity index (χ3v) is 2.12. The SMILES string of the molecule is CC(C)(C)Oc1c(N)cncc1OC1CC1. The number of hydrogen-bond acceptors (Lipinski definition) is 4. The van der Waals surface area contributed by atoms with E-state index >= 15 is 0 Å². The number of nitrogens with zero attached hydrogens (tertiary/aromatic N) is 1. The first-order valence-corrected chi connectivity index (χ1v) is 5.55. The van der Waals surface area contributed by atoms with Crippen LogP contribution in [0.15, 0.2) is 12.4 Å². The van der Waals surface area contributed by atoms with Crippen molar-refractivity contribution in [1.29, 1.82) is 0 Å². The Morgan fingerprint density at radius 1 is 1.31 bits per heavy atom. The summed E-state index contributed by atoms with van der Waals surface area (Å²) in [5.41, 5.74) is 6.08. The van der Waals surface area contributed by atoms with Gasteiger partial charge < -0.3 is 15.2 Å². The number of anilines is 1. The Labute approximate surface area is 95.8 Å². The van der Waals surface area contributed by atoms with Gasteiger partial charge in [-0.15, -0.1) is 0 Å². The summed E-state index contributed by atoms with van der Waals surface area (Å²) in [7, 11) is 0. The molecule has 1 fully saturated rings. The molecule has 0 radical (unpaired) electrons. The molecule has 16 heavy (non-hydrogen) atoms. The van der Waals surface area contributed by atoms with E-state index in [9.17, 15) is 0 Å². The lowest BCUT2D eigenvalue weighted by Crippen LogP contribution is -2.24. The minimum absolute atomic E-state index is 0.295. The van der Waals surface area contributed by atoms with Crippen LogP contribution < -0.4 is 15.2 Å². The van der Waals surface area contributed by atoms with Gasteiger partial charge in [0.05, 0.1) is 24.2 Å². The molecule has 1 heterocycles. The highest BCUT2D eigenvalue weighted by Gasteiger charge is 2.27. The van der Waals surface area contributed by atoms with Crippen molar-refractivity contribution in [3.8, 4) is 11.5 Å². The molecule has 0 aliphatic heterocycles. The van der Waals surface area contributed by atoms with Crippen molar-refractivity contribution in [3.63, 3.8) is 0 Å². The summed E-state index contributed by atoms with van der Waals surface area (Å²) < 4.78 is 11.5. The lowest BCUT2D eigenvalue weighted by atomic mass is 10.2. The van der Waals surface area contributed by atoms with Crippen molar-refractivity contribution in [2.24, 2.45) is 0 Å². The van der Waals surface area contributed by atoms with Gasteiger partial charge in [0.1, 0.15) is 5.60 Å². The summed E-state index contributed by atoms with van der Waals surface area (Å²) in [5.74, 6) is 1.26. The van der Waals surface area contributed by atoms with E-state index in [1.54, 1.807) is 12.4 Å². The number of hydrogen-bond donors (Lipinski definition) is 1. The van der Waals surface area contributed by atoms with Gasteiger partial charge in [-0.2, -0.15) is 0 Å². The standard InChI is InChI=1S/C12H18N2O2/c1-12(2,3)16-11-9(13)6-14-7-10(11)15-8-4-5-8/h6-8H,4-5,13H2,1-3H3. The largest absolute Gasteiger partial charge is 0.485 e. The zero-order chi connectivity index (χ0) is 11.8. The molecule has 2 N–H and O–H groups in total. The van der Waals surface area contributed by atoms with Crippen LogP contribution in [0.3, 0.4) is 0 Å². The van der Waals surface area contributed by atoms with Gasteiger partial charge in [0.2, 0.25) is 0 Å². The normalized spacial score (nSPS) is 15.9. The van der Waals surface area contributed by atoms with Crippen molar-refractivity contribution in [2.45, 2.75) is 45.3 Å². The molecule has 1 aromatic heterocycles. The van der Waals surface area contributed by atoms with Crippen molar-refractivity contribution in [3.05, 3.63) is 12.4 Å². The summed E-state index contributed by atoms with van der Waals surface area (Å²) in [6.45, 7) is 5.94. The number of aromatic nitrogens is 1. The van der Waals surface area contributed by atoms with E-state index in [0.717, 1.165) is 12.8 Å². The van der Waals surface area contributed by atoms with Gasteiger partial charge in [0.15, 0.2) is 11.5 Å². The summed E-state index contributed by atoms with van der Waals surface area (Å²) in [6.07, 6.45) is 5.76. The highest BCUT2D eigenvalue weighted by Crippen LogP contribution is 2.38. The van der Waals surface area contributed by atoms with Gasteiger partial charge in [-0.25, -0.2) is 0 Å². The predicted octanol–water partition coefficient (Wildman–Crippen LogP) is 2.38. The van der Waals surface area contributed by atoms with Gasteiger partial charge in [-0.3, -0.25) is 4.98 Å². The maximum absolute atomic E-state index is 5.86. The van der Waals surface area contributed by atoms with Crippen molar-refractivity contribution in [2.75, 3.05) is 5.73 Å². The number of nitrogen functional groups attached to an aromatic ring is 1. The zero-order valence-corrected chi connectivity index (χ0v) is 9.99. The molecule has 0 spiro atoms. The van der Waals surface area contributed by atoms with Crippen LogP contribution in [0.25, 0.3) is 0 Å². The molecule has 0 unspecified atom stereocenters. The van der Waals surface area contributed by atoms with Crippen LogP contribution in [0.1, 0.15) is 33.6 Å². The highest BCUT2D eigenvalue weighted by atomic mass is 16.5. The molecular formula is C12H18N2O2. The number of ether oxygens (including phenoxy) is 2. The number of pyridine rings is 1. The lowest BCUT2D eigenvalue weighted by molar-refractivity contribution is 0.123. The van der Waals surface area contributed by atoms with Crippen LogP contribution in [-0.2, 0) is 0 Å². The molecule has 1 aliphatic carbocycles. The fraction of sp³-hybridized carbons (Fsp3) is 0.583. The minimum Gasteiger partial charge on any atom is -0.485 e. The van der Waals surface area contributed by atoms with E-state index in [-0.39, 0.29) is 5.60 Å². The van der Waals surface area contributed by atoms with Crippen LogP contribution >= 0.6 is 0 Å². The molecule has 4 heteroatoms. The van der Waals surface area contributed by atoms with E-state index in [0.29, 0.717) is 23.3 Å². The van der Waals surface area contributed by atoms with Gasteiger partial charge >= 0.3 is 0 Å². The Kier molecular flexibility index (Phi) is 2.66. The van der Waals surface area contributed by atoms with Crippen LogP contribution in [0.4, 0.5) is 5.69 Å². The first kappa shape index (κ1) is 11.0. The Morgan fingerprint density at radius 2 is 2.00 bits per heavy atom. The molecule has 0 amide bonds. The topological polar surface area (TPSA) is 57.4 Å². The van der Waals surface area contributed by atoms with E-state index in [1.165, 1.54) is 0 Å². The monoisotopic (exact) mass is 222 g/mol.